The molecular formula is C20H25N3O2S. The third-order valence-corrected chi connectivity index (χ3v) is 5.56. The first kappa shape index (κ1) is 18.6. The highest BCUT2D eigenvalue weighted by atomic mass is 32.1. The minimum Gasteiger partial charge on any atom is -0.354 e. The van der Waals surface area contributed by atoms with Crippen molar-refractivity contribution in [3.63, 3.8) is 0 Å². The highest BCUT2D eigenvalue weighted by Gasteiger charge is 2.24. The Morgan fingerprint density at radius 3 is 2.50 bits per heavy atom. The number of carbonyl (C=O) groups is 2. The minimum atomic E-state index is -0.1000. The quantitative estimate of drug-likeness (QED) is 0.786. The van der Waals surface area contributed by atoms with Gasteiger partial charge < -0.3 is 10.6 Å². The molecule has 1 aliphatic heterocycles. The number of hydrogen-bond acceptors (Lipinski definition) is 4. The zero-order valence-corrected chi connectivity index (χ0v) is 15.8. The summed E-state index contributed by atoms with van der Waals surface area (Å²) in [5.74, 6) is -0.0740. The van der Waals surface area contributed by atoms with E-state index in [4.69, 9.17) is 0 Å². The number of anilines is 1. The summed E-state index contributed by atoms with van der Waals surface area (Å²) in [6.45, 7) is 4.32. The molecule has 1 saturated heterocycles. The van der Waals surface area contributed by atoms with E-state index < -0.39 is 0 Å². The van der Waals surface area contributed by atoms with E-state index >= 15 is 0 Å². The van der Waals surface area contributed by atoms with Gasteiger partial charge in [-0.2, -0.15) is 0 Å². The summed E-state index contributed by atoms with van der Waals surface area (Å²) in [6.07, 6.45) is 2.81. The van der Waals surface area contributed by atoms with E-state index in [1.54, 1.807) is 11.3 Å². The number of likely N-dealkylation sites (tertiary alicyclic amines) is 1. The average Bonchev–Trinajstić information content (AvgIpc) is 3.30. The second-order valence-corrected chi connectivity index (χ2v) is 7.61. The van der Waals surface area contributed by atoms with Gasteiger partial charge in [-0.25, -0.2) is 0 Å². The Balaban J connectivity index is 1.54. The van der Waals surface area contributed by atoms with E-state index in [9.17, 15) is 9.59 Å². The largest absolute Gasteiger partial charge is 0.354 e. The molecule has 1 aliphatic rings. The van der Waals surface area contributed by atoms with Crippen LogP contribution in [0.1, 0.15) is 36.2 Å². The molecule has 6 heteroatoms. The lowest BCUT2D eigenvalue weighted by Gasteiger charge is -2.27. The van der Waals surface area contributed by atoms with Gasteiger partial charge in [0.05, 0.1) is 12.5 Å². The first-order chi connectivity index (χ1) is 12.6. The smallest absolute Gasteiger partial charge is 0.224 e. The monoisotopic (exact) mass is 371 g/mol. The molecule has 2 aromatic rings. The molecule has 26 heavy (non-hydrogen) atoms. The number of thiophene rings is 1. The Morgan fingerprint density at radius 1 is 1.15 bits per heavy atom. The van der Waals surface area contributed by atoms with Gasteiger partial charge in [0.25, 0.3) is 0 Å². The molecule has 1 unspecified atom stereocenters. The number of nitrogens with zero attached hydrogens (tertiary/aromatic N) is 1. The molecule has 138 valence electrons. The first-order valence-electron chi connectivity index (χ1n) is 9.02. The molecule has 1 fully saturated rings. The fourth-order valence-electron chi connectivity index (χ4n) is 3.31. The Bertz CT molecular complexity index is 722. The average molecular weight is 372 g/mol. The maximum Gasteiger partial charge on any atom is 0.224 e. The summed E-state index contributed by atoms with van der Waals surface area (Å²) in [7, 11) is 0. The number of hydrogen-bond donors (Lipinski definition) is 2. The number of amides is 2. The minimum absolute atomic E-state index is 0.0260. The van der Waals surface area contributed by atoms with Crippen molar-refractivity contribution in [1.29, 1.82) is 0 Å². The lowest BCUT2D eigenvalue weighted by Crippen LogP contribution is -2.37. The van der Waals surface area contributed by atoms with Gasteiger partial charge >= 0.3 is 0 Å². The maximum atomic E-state index is 12.4. The summed E-state index contributed by atoms with van der Waals surface area (Å²) in [4.78, 5) is 27.2. The van der Waals surface area contributed by atoms with E-state index in [0.29, 0.717) is 13.0 Å². The van der Waals surface area contributed by atoms with E-state index in [-0.39, 0.29) is 17.9 Å². The normalized spacial score (nSPS) is 15.6. The van der Waals surface area contributed by atoms with Gasteiger partial charge in [-0.1, -0.05) is 18.2 Å². The molecule has 2 N–H and O–H groups in total. The SMILES string of the molecule is CC(=O)Nc1ccc(CC(=O)NCC(c2cccs2)N2CCCC2)cc1. The van der Waals surface area contributed by atoms with E-state index in [1.165, 1.54) is 24.6 Å². The summed E-state index contributed by atoms with van der Waals surface area (Å²) >= 11 is 1.75. The van der Waals surface area contributed by atoms with Crippen molar-refractivity contribution in [1.82, 2.24) is 10.2 Å². The molecule has 2 heterocycles. The zero-order chi connectivity index (χ0) is 18.4. The summed E-state index contributed by atoms with van der Waals surface area (Å²) in [6, 6.07) is 11.9. The fraction of sp³-hybridized carbons (Fsp3) is 0.400. The predicted molar refractivity (Wildman–Crippen MR) is 105 cm³/mol. The molecule has 1 aromatic heterocycles. The molecular weight excluding hydrogens is 346 g/mol. The molecule has 3 rings (SSSR count). The molecule has 0 saturated carbocycles. The Labute approximate surface area is 158 Å². The van der Waals surface area contributed by atoms with Crippen molar-refractivity contribution in [2.75, 3.05) is 25.0 Å². The van der Waals surface area contributed by atoms with Crippen molar-refractivity contribution in [3.8, 4) is 0 Å². The molecule has 2 amide bonds. The molecule has 1 aromatic carbocycles. The van der Waals surface area contributed by atoms with Crippen LogP contribution < -0.4 is 10.6 Å². The summed E-state index contributed by atoms with van der Waals surface area (Å²) < 4.78 is 0. The molecule has 1 atom stereocenters. The second kappa shape index (κ2) is 8.96. The molecule has 0 aliphatic carbocycles. The Morgan fingerprint density at radius 2 is 1.88 bits per heavy atom. The maximum absolute atomic E-state index is 12.4. The fourth-order valence-corrected chi connectivity index (χ4v) is 4.17. The number of benzene rings is 1. The number of rotatable bonds is 7. The van der Waals surface area contributed by atoms with Crippen molar-refractivity contribution in [2.24, 2.45) is 0 Å². The summed E-state index contributed by atoms with van der Waals surface area (Å²) in [5.41, 5.74) is 1.68. The van der Waals surface area contributed by atoms with Crippen molar-refractivity contribution in [2.45, 2.75) is 32.2 Å². The lowest BCUT2D eigenvalue weighted by molar-refractivity contribution is -0.120. The highest BCUT2D eigenvalue weighted by Crippen LogP contribution is 2.27. The van der Waals surface area contributed by atoms with Gasteiger partial charge in [-0.05, 0) is 55.1 Å². The third-order valence-electron chi connectivity index (χ3n) is 4.58. The van der Waals surface area contributed by atoms with Crippen LogP contribution in [0.2, 0.25) is 0 Å². The Kier molecular flexibility index (Phi) is 6.41. The second-order valence-electron chi connectivity index (χ2n) is 6.63. The predicted octanol–water partition coefficient (Wildman–Crippen LogP) is 3.20. The van der Waals surface area contributed by atoms with Crippen LogP contribution in [0.3, 0.4) is 0 Å². The molecule has 0 bridgehead atoms. The van der Waals surface area contributed by atoms with E-state index in [1.807, 2.05) is 24.3 Å². The van der Waals surface area contributed by atoms with Crippen LogP contribution in [0.15, 0.2) is 41.8 Å². The highest BCUT2D eigenvalue weighted by molar-refractivity contribution is 7.10. The zero-order valence-electron chi connectivity index (χ0n) is 15.0. The van der Waals surface area contributed by atoms with Crippen LogP contribution in [0.4, 0.5) is 5.69 Å². The van der Waals surface area contributed by atoms with Crippen LogP contribution in [-0.4, -0.2) is 36.3 Å². The van der Waals surface area contributed by atoms with Crippen molar-refractivity contribution in [3.05, 3.63) is 52.2 Å². The van der Waals surface area contributed by atoms with Crippen LogP contribution >= 0.6 is 11.3 Å². The van der Waals surface area contributed by atoms with E-state index in [0.717, 1.165) is 24.3 Å². The molecule has 0 radical (unpaired) electrons. The Hall–Kier alpha value is -2.18. The number of carbonyl (C=O) groups excluding carboxylic acids is 2. The van der Waals surface area contributed by atoms with Gasteiger partial charge in [0.15, 0.2) is 0 Å². The van der Waals surface area contributed by atoms with Gasteiger partial charge in [-0.15, -0.1) is 11.3 Å². The molecule has 0 spiro atoms. The van der Waals surface area contributed by atoms with Gasteiger partial charge in [-0.3, -0.25) is 14.5 Å². The van der Waals surface area contributed by atoms with Crippen LogP contribution in [0.5, 0.6) is 0 Å². The van der Waals surface area contributed by atoms with Gasteiger partial charge in [0, 0.05) is 24.0 Å². The van der Waals surface area contributed by atoms with Crippen LogP contribution in [0, 0.1) is 0 Å². The lowest BCUT2D eigenvalue weighted by atomic mass is 10.1. The van der Waals surface area contributed by atoms with E-state index in [2.05, 4.69) is 33.0 Å². The standard InChI is InChI=1S/C20H25N3O2S/c1-15(24)22-17-8-6-16(7-9-17)13-20(25)21-14-18(19-5-4-12-26-19)23-10-2-3-11-23/h4-9,12,18H,2-3,10-11,13-14H2,1H3,(H,21,25)(H,22,24). The first-order valence-corrected chi connectivity index (χ1v) is 9.90. The third kappa shape index (κ3) is 5.16. The van der Waals surface area contributed by atoms with Crippen molar-refractivity contribution < 1.29 is 9.59 Å². The topological polar surface area (TPSA) is 61.4 Å². The van der Waals surface area contributed by atoms with Gasteiger partial charge in [0.1, 0.15) is 0 Å². The number of nitrogens with one attached hydrogen (secondary N) is 2. The van der Waals surface area contributed by atoms with Crippen LogP contribution in [-0.2, 0) is 16.0 Å². The van der Waals surface area contributed by atoms with Crippen molar-refractivity contribution >= 4 is 28.8 Å². The van der Waals surface area contributed by atoms with Crippen LogP contribution in [0.25, 0.3) is 0 Å². The van der Waals surface area contributed by atoms with Gasteiger partial charge in [0.2, 0.25) is 11.8 Å². The summed E-state index contributed by atoms with van der Waals surface area (Å²) in [5, 5.41) is 7.92. The molecule has 5 nitrogen and oxygen atoms in total.